The first kappa shape index (κ1) is 30.8. The molecule has 0 fully saturated rings. The summed E-state index contributed by atoms with van der Waals surface area (Å²) in [7, 11) is 0. The smallest absolute Gasteiger partial charge is 0.0540 e. The van der Waals surface area contributed by atoms with Gasteiger partial charge in [-0.05, 0) is 101 Å². The number of anilines is 3. The minimum atomic E-state index is 1.11. The van der Waals surface area contributed by atoms with Gasteiger partial charge in [0.25, 0.3) is 0 Å². The second kappa shape index (κ2) is 13.0. The molecule has 1 heteroatoms. The Kier molecular flexibility index (Phi) is 7.55. The molecule has 0 aliphatic carbocycles. The summed E-state index contributed by atoms with van der Waals surface area (Å²) in [4.78, 5) is 2.45. The third kappa shape index (κ3) is 5.34. The van der Waals surface area contributed by atoms with E-state index in [0.717, 1.165) is 17.1 Å². The first-order valence-corrected chi connectivity index (χ1v) is 18.3. The van der Waals surface area contributed by atoms with Crippen molar-refractivity contribution in [1.82, 2.24) is 0 Å². The van der Waals surface area contributed by atoms with Crippen molar-refractivity contribution in [3.8, 4) is 33.4 Å². The van der Waals surface area contributed by atoms with Crippen LogP contribution in [-0.4, -0.2) is 0 Å². The van der Waals surface area contributed by atoms with Crippen molar-refractivity contribution in [2.24, 2.45) is 0 Å². The maximum absolute atomic E-state index is 2.45. The lowest BCUT2D eigenvalue weighted by Crippen LogP contribution is -2.11. The number of nitrogens with zero attached hydrogens (tertiary/aromatic N) is 1. The van der Waals surface area contributed by atoms with E-state index in [-0.39, 0.29) is 0 Å². The summed E-state index contributed by atoms with van der Waals surface area (Å²) in [5.74, 6) is 0. The van der Waals surface area contributed by atoms with E-state index < -0.39 is 0 Å². The Balaban J connectivity index is 1.30. The van der Waals surface area contributed by atoms with Crippen LogP contribution in [0.1, 0.15) is 0 Å². The normalized spacial score (nSPS) is 11.4. The van der Waals surface area contributed by atoms with Crippen molar-refractivity contribution >= 4 is 60.2 Å². The Hall–Kier alpha value is -6.96. The van der Waals surface area contributed by atoms with E-state index >= 15 is 0 Å². The molecule has 0 radical (unpaired) electrons. The molecule has 248 valence electrons. The highest BCUT2D eigenvalue weighted by Crippen LogP contribution is 2.48. The average molecular weight is 674 g/mol. The van der Waals surface area contributed by atoms with Gasteiger partial charge in [-0.3, -0.25) is 0 Å². The number of hydrogen-bond donors (Lipinski definition) is 0. The monoisotopic (exact) mass is 673 g/mol. The van der Waals surface area contributed by atoms with E-state index in [2.05, 4.69) is 217 Å². The first-order chi connectivity index (χ1) is 26.3. The van der Waals surface area contributed by atoms with Crippen LogP contribution >= 0.6 is 0 Å². The van der Waals surface area contributed by atoms with Crippen LogP contribution < -0.4 is 4.90 Å². The average Bonchev–Trinajstić information content (AvgIpc) is 3.24. The SMILES string of the molecule is c1ccc(-c2ccc(N(c3ccc4ccccc4c3)c3ccc4c(c3)c(-c3ccccc3)c(-c3ccccc3)c3ccccc34)c3ccccc23)cc1. The zero-order chi connectivity index (χ0) is 35.1. The van der Waals surface area contributed by atoms with Gasteiger partial charge in [-0.15, -0.1) is 0 Å². The topological polar surface area (TPSA) is 3.24 Å². The molecule has 0 aliphatic heterocycles. The van der Waals surface area contributed by atoms with Gasteiger partial charge in [0.1, 0.15) is 0 Å². The summed E-state index contributed by atoms with van der Waals surface area (Å²) in [6.07, 6.45) is 0. The molecule has 0 bridgehead atoms. The second-order valence-corrected chi connectivity index (χ2v) is 13.7. The lowest BCUT2D eigenvalue weighted by Gasteiger charge is -2.29. The Morgan fingerprint density at radius 3 is 1.45 bits per heavy atom. The zero-order valence-corrected chi connectivity index (χ0v) is 29.2. The number of benzene rings is 10. The van der Waals surface area contributed by atoms with Gasteiger partial charge < -0.3 is 4.90 Å². The first-order valence-electron chi connectivity index (χ1n) is 18.3. The van der Waals surface area contributed by atoms with Gasteiger partial charge in [0.2, 0.25) is 0 Å². The molecule has 0 aromatic heterocycles. The molecular weight excluding hydrogens is 639 g/mol. The molecule has 1 nitrogen and oxygen atoms in total. The second-order valence-electron chi connectivity index (χ2n) is 13.7. The predicted molar refractivity (Wildman–Crippen MR) is 227 cm³/mol. The Labute approximate surface area is 309 Å². The van der Waals surface area contributed by atoms with Crippen LogP contribution in [0.25, 0.3) is 76.5 Å². The summed E-state index contributed by atoms with van der Waals surface area (Å²) >= 11 is 0. The summed E-state index contributed by atoms with van der Waals surface area (Å²) < 4.78 is 0. The Morgan fingerprint density at radius 1 is 0.264 bits per heavy atom. The van der Waals surface area contributed by atoms with Crippen LogP contribution in [0.3, 0.4) is 0 Å². The van der Waals surface area contributed by atoms with Crippen LogP contribution in [0.15, 0.2) is 212 Å². The Bertz CT molecular complexity index is 2930. The molecule has 10 aromatic rings. The Morgan fingerprint density at radius 2 is 0.755 bits per heavy atom. The predicted octanol–water partition coefficient (Wildman–Crippen LogP) is 14.8. The molecule has 0 heterocycles. The van der Waals surface area contributed by atoms with E-state index in [1.807, 2.05) is 0 Å². The lowest BCUT2D eigenvalue weighted by atomic mass is 9.85. The van der Waals surface area contributed by atoms with Crippen molar-refractivity contribution in [2.75, 3.05) is 4.90 Å². The quantitative estimate of drug-likeness (QED) is 0.159. The third-order valence-electron chi connectivity index (χ3n) is 10.6. The van der Waals surface area contributed by atoms with Crippen LogP contribution in [0, 0.1) is 0 Å². The van der Waals surface area contributed by atoms with Crippen molar-refractivity contribution < 1.29 is 0 Å². The van der Waals surface area contributed by atoms with Crippen molar-refractivity contribution in [2.45, 2.75) is 0 Å². The van der Waals surface area contributed by atoms with E-state index in [1.54, 1.807) is 0 Å². The highest BCUT2D eigenvalue weighted by Gasteiger charge is 2.22. The van der Waals surface area contributed by atoms with Crippen LogP contribution in [0.5, 0.6) is 0 Å². The molecule has 53 heavy (non-hydrogen) atoms. The van der Waals surface area contributed by atoms with Gasteiger partial charge in [-0.1, -0.05) is 182 Å². The molecule has 10 rings (SSSR count). The largest absolute Gasteiger partial charge is 0.310 e. The third-order valence-corrected chi connectivity index (χ3v) is 10.6. The maximum atomic E-state index is 2.45. The fraction of sp³-hybridized carbons (Fsp3) is 0. The van der Waals surface area contributed by atoms with Gasteiger partial charge in [0, 0.05) is 16.8 Å². The molecule has 0 saturated heterocycles. The van der Waals surface area contributed by atoms with Crippen molar-refractivity contribution in [1.29, 1.82) is 0 Å². The minimum Gasteiger partial charge on any atom is -0.310 e. The van der Waals surface area contributed by atoms with Gasteiger partial charge in [0.15, 0.2) is 0 Å². The molecule has 0 aliphatic rings. The van der Waals surface area contributed by atoms with E-state index in [9.17, 15) is 0 Å². The van der Waals surface area contributed by atoms with Crippen LogP contribution in [-0.2, 0) is 0 Å². The summed E-state index contributed by atoms with van der Waals surface area (Å²) in [5, 5.41) is 9.84. The van der Waals surface area contributed by atoms with E-state index in [1.165, 1.54) is 76.5 Å². The fourth-order valence-electron chi connectivity index (χ4n) is 8.22. The molecule has 0 atom stereocenters. The standard InChI is InChI=1S/C52H35N/c1-4-17-37(18-5-1)43-32-33-50(47-26-14-12-24-44(43)47)53(41-29-28-36-16-10-11-23-40(36)34-41)42-30-31-46-45-25-13-15-27-48(45)51(38-19-6-2-7-20-38)52(49(46)35-42)39-21-8-3-9-22-39/h1-35H. The molecule has 0 N–H and O–H groups in total. The van der Waals surface area contributed by atoms with E-state index in [0.29, 0.717) is 0 Å². The highest BCUT2D eigenvalue weighted by molar-refractivity contribution is 6.22. The van der Waals surface area contributed by atoms with Crippen molar-refractivity contribution in [3.63, 3.8) is 0 Å². The van der Waals surface area contributed by atoms with Crippen molar-refractivity contribution in [3.05, 3.63) is 212 Å². The summed E-state index contributed by atoms with van der Waals surface area (Å²) in [6.45, 7) is 0. The molecular formula is C52H35N. The molecule has 0 amide bonds. The summed E-state index contributed by atoms with van der Waals surface area (Å²) in [5.41, 5.74) is 10.7. The van der Waals surface area contributed by atoms with Gasteiger partial charge in [-0.2, -0.15) is 0 Å². The zero-order valence-electron chi connectivity index (χ0n) is 29.2. The lowest BCUT2D eigenvalue weighted by molar-refractivity contribution is 1.31. The molecule has 0 unspecified atom stereocenters. The van der Waals surface area contributed by atoms with Crippen LogP contribution in [0.4, 0.5) is 17.1 Å². The molecule has 0 saturated carbocycles. The number of rotatable bonds is 6. The van der Waals surface area contributed by atoms with Crippen LogP contribution in [0.2, 0.25) is 0 Å². The molecule has 10 aromatic carbocycles. The highest BCUT2D eigenvalue weighted by atomic mass is 15.1. The summed E-state index contributed by atoms with van der Waals surface area (Å²) in [6, 6.07) is 77.3. The van der Waals surface area contributed by atoms with Gasteiger partial charge in [0.05, 0.1) is 5.69 Å². The number of fused-ring (bicyclic) bond motifs is 5. The fourth-order valence-corrected chi connectivity index (χ4v) is 8.22. The number of hydrogen-bond acceptors (Lipinski definition) is 1. The van der Waals surface area contributed by atoms with Gasteiger partial charge >= 0.3 is 0 Å². The molecule has 0 spiro atoms. The van der Waals surface area contributed by atoms with E-state index in [4.69, 9.17) is 0 Å². The minimum absolute atomic E-state index is 1.11. The van der Waals surface area contributed by atoms with Gasteiger partial charge in [-0.25, -0.2) is 0 Å². The maximum Gasteiger partial charge on any atom is 0.0540 e.